The highest BCUT2D eigenvalue weighted by Gasteiger charge is 2.17. The normalized spacial score (nSPS) is 26.1. The van der Waals surface area contributed by atoms with E-state index in [4.69, 9.17) is 0 Å². The van der Waals surface area contributed by atoms with Gasteiger partial charge in [-0.15, -0.1) is 0 Å². The molecule has 0 bridgehead atoms. The van der Waals surface area contributed by atoms with E-state index in [1.54, 1.807) is 0 Å². The fraction of sp³-hybridized carbons (Fsp3) is 1.00. The van der Waals surface area contributed by atoms with E-state index < -0.39 is 0 Å². The van der Waals surface area contributed by atoms with Gasteiger partial charge in [-0.05, 0) is 38.1 Å². The van der Waals surface area contributed by atoms with Crippen molar-refractivity contribution in [2.75, 3.05) is 19.6 Å². The molecule has 0 radical (unpaired) electrons. The summed E-state index contributed by atoms with van der Waals surface area (Å²) in [5, 5.41) is 9.43. The predicted molar refractivity (Wildman–Crippen MR) is 67.5 cm³/mol. The topological polar surface area (TPSA) is 23.5 Å². The lowest BCUT2D eigenvalue weighted by Gasteiger charge is -2.30. The zero-order valence-electron chi connectivity index (χ0n) is 10.5. The second-order valence-corrected chi connectivity index (χ2v) is 5.72. The molecule has 2 rings (SSSR count). The van der Waals surface area contributed by atoms with Crippen LogP contribution in [0.2, 0.25) is 0 Å². The molecule has 2 heteroatoms. The molecule has 0 spiro atoms. The van der Waals surface area contributed by atoms with Gasteiger partial charge in [0.15, 0.2) is 0 Å². The van der Waals surface area contributed by atoms with Crippen molar-refractivity contribution in [3.8, 4) is 0 Å². The van der Waals surface area contributed by atoms with Crippen LogP contribution in [0.15, 0.2) is 0 Å². The van der Waals surface area contributed by atoms with Crippen LogP contribution in [0.3, 0.4) is 0 Å². The summed E-state index contributed by atoms with van der Waals surface area (Å²) in [6.45, 7) is 3.50. The first-order valence-electron chi connectivity index (χ1n) is 7.25. The highest BCUT2D eigenvalue weighted by atomic mass is 16.3. The molecule has 0 unspecified atom stereocenters. The van der Waals surface area contributed by atoms with Crippen molar-refractivity contribution in [3.63, 3.8) is 0 Å². The number of rotatable bonds is 4. The highest BCUT2D eigenvalue weighted by Crippen LogP contribution is 2.27. The van der Waals surface area contributed by atoms with E-state index >= 15 is 0 Å². The van der Waals surface area contributed by atoms with Crippen molar-refractivity contribution in [3.05, 3.63) is 0 Å². The third-order valence-corrected chi connectivity index (χ3v) is 4.37. The van der Waals surface area contributed by atoms with Gasteiger partial charge in [-0.1, -0.05) is 32.1 Å². The van der Waals surface area contributed by atoms with Crippen molar-refractivity contribution in [2.24, 2.45) is 5.92 Å². The maximum absolute atomic E-state index is 9.43. The van der Waals surface area contributed by atoms with E-state index in [9.17, 15) is 5.11 Å². The Morgan fingerprint density at radius 2 is 1.62 bits per heavy atom. The largest absolute Gasteiger partial charge is 0.393 e. The monoisotopic (exact) mass is 225 g/mol. The van der Waals surface area contributed by atoms with Gasteiger partial charge >= 0.3 is 0 Å². The molecule has 0 aromatic rings. The van der Waals surface area contributed by atoms with E-state index in [2.05, 4.69) is 4.90 Å². The van der Waals surface area contributed by atoms with E-state index in [1.165, 1.54) is 51.5 Å². The Balaban J connectivity index is 1.53. The van der Waals surface area contributed by atoms with Gasteiger partial charge in [0.05, 0.1) is 6.10 Å². The van der Waals surface area contributed by atoms with Crippen LogP contribution in [0.25, 0.3) is 0 Å². The number of aliphatic hydroxyl groups excluding tert-OH is 1. The summed E-state index contributed by atoms with van der Waals surface area (Å²) in [4.78, 5) is 2.54. The maximum atomic E-state index is 9.43. The number of nitrogens with zero attached hydrogens (tertiary/aromatic N) is 1. The third kappa shape index (κ3) is 4.06. The van der Waals surface area contributed by atoms with Gasteiger partial charge in [-0.3, -0.25) is 0 Å². The minimum atomic E-state index is -0.0189. The van der Waals surface area contributed by atoms with Crippen LogP contribution >= 0.6 is 0 Å². The van der Waals surface area contributed by atoms with Crippen LogP contribution in [0.5, 0.6) is 0 Å². The van der Waals surface area contributed by atoms with Crippen LogP contribution < -0.4 is 0 Å². The summed E-state index contributed by atoms with van der Waals surface area (Å²) < 4.78 is 0. The first-order valence-corrected chi connectivity index (χ1v) is 7.25. The third-order valence-electron chi connectivity index (χ3n) is 4.37. The standard InChI is InChI=1S/C14H27NO/c16-14-8-11-15(12-9-14)10-4-7-13-5-2-1-3-6-13/h13-14,16H,1-12H2. The van der Waals surface area contributed by atoms with Gasteiger partial charge in [0.25, 0.3) is 0 Å². The lowest BCUT2D eigenvalue weighted by Crippen LogP contribution is -2.36. The van der Waals surface area contributed by atoms with Gasteiger partial charge < -0.3 is 10.0 Å². The van der Waals surface area contributed by atoms with E-state index in [1.807, 2.05) is 0 Å². The van der Waals surface area contributed by atoms with E-state index in [-0.39, 0.29) is 6.10 Å². The van der Waals surface area contributed by atoms with E-state index in [0.717, 1.165) is 31.8 Å². The molecule has 94 valence electrons. The molecule has 1 aliphatic carbocycles. The summed E-state index contributed by atoms with van der Waals surface area (Å²) in [5.41, 5.74) is 0. The number of hydrogen-bond acceptors (Lipinski definition) is 2. The fourth-order valence-corrected chi connectivity index (χ4v) is 3.22. The molecule has 1 saturated carbocycles. The molecule has 0 aromatic carbocycles. The molecule has 1 aliphatic heterocycles. The first kappa shape index (κ1) is 12.4. The van der Waals surface area contributed by atoms with Crippen LogP contribution in [0.4, 0.5) is 0 Å². The minimum Gasteiger partial charge on any atom is -0.393 e. The first-order chi connectivity index (χ1) is 7.84. The summed E-state index contributed by atoms with van der Waals surface area (Å²) in [5.74, 6) is 1.03. The Hall–Kier alpha value is -0.0800. The zero-order valence-corrected chi connectivity index (χ0v) is 10.5. The molecular formula is C14H27NO. The summed E-state index contributed by atoms with van der Waals surface area (Å²) in [6, 6.07) is 0. The lowest BCUT2D eigenvalue weighted by molar-refractivity contribution is 0.0809. The number of hydrogen-bond donors (Lipinski definition) is 1. The number of aliphatic hydroxyl groups is 1. The van der Waals surface area contributed by atoms with Crippen molar-refractivity contribution in [1.82, 2.24) is 4.90 Å². The quantitative estimate of drug-likeness (QED) is 0.795. The van der Waals surface area contributed by atoms with Gasteiger partial charge in [-0.25, -0.2) is 0 Å². The fourth-order valence-electron chi connectivity index (χ4n) is 3.22. The van der Waals surface area contributed by atoms with Crippen LogP contribution in [-0.2, 0) is 0 Å². The highest BCUT2D eigenvalue weighted by molar-refractivity contribution is 4.72. The second-order valence-electron chi connectivity index (χ2n) is 5.72. The van der Waals surface area contributed by atoms with Gasteiger partial charge in [-0.2, -0.15) is 0 Å². The number of likely N-dealkylation sites (tertiary alicyclic amines) is 1. The molecule has 2 fully saturated rings. The maximum Gasteiger partial charge on any atom is 0.0564 e. The Bertz CT molecular complexity index is 181. The SMILES string of the molecule is OC1CCN(CCCC2CCCCC2)CC1. The number of piperidine rings is 1. The van der Waals surface area contributed by atoms with Crippen LogP contribution in [0, 0.1) is 5.92 Å². The Labute approximate surface area is 100 Å². The van der Waals surface area contributed by atoms with Crippen LogP contribution in [0.1, 0.15) is 57.8 Å². The van der Waals surface area contributed by atoms with Crippen molar-refractivity contribution < 1.29 is 5.11 Å². The Morgan fingerprint density at radius 3 is 2.31 bits per heavy atom. The van der Waals surface area contributed by atoms with Gasteiger partial charge in [0, 0.05) is 13.1 Å². The molecule has 2 aliphatic rings. The average molecular weight is 225 g/mol. The summed E-state index contributed by atoms with van der Waals surface area (Å²) >= 11 is 0. The van der Waals surface area contributed by atoms with Gasteiger partial charge in [0.1, 0.15) is 0 Å². The van der Waals surface area contributed by atoms with Gasteiger partial charge in [0.2, 0.25) is 0 Å². The van der Waals surface area contributed by atoms with Crippen molar-refractivity contribution >= 4 is 0 Å². The Morgan fingerprint density at radius 1 is 0.938 bits per heavy atom. The molecule has 1 saturated heterocycles. The van der Waals surface area contributed by atoms with Crippen molar-refractivity contribution in [1.29, 1.82) is 0 Å². The lowest BCUT2D eigenvalue weighted by atomic mass is 9.86. The Kier molecular flexibility index (Phi) is 5.11. The predicted octanol–water partition coefficient (Wildman–Crippen LogP) is 2.80. The minimum absolute atomic E-state index is 0.0189. The molecule has 0 atom stereocenters. The molecule has 0 aromatic heterocycles. The summed E-state index contributed by atoms with van der Waals surface area (Å²) in [7, 11) is 0. The molecule has 0 amide bonds. The molecule has 1 N–H and O–H groups in total. The van der Waals surface area contributed by atoms with Crippen LogP contribution in [-0.4, -0.2) is 35.7 Å². The zero-order chi connectivity index (χ0) is 11.2. The molecule has 16 heavy (non-hydrogen) atoms. The average Bonchev–Trinajstić information content (AvgIpc) is 2.33. The second kappa shape index (κ2) is 6.61. The summed E-state index contributed by atoms with van der Waals surface area (Å²) in [6.07, 6.45) is 12.2. The van der Waals surface area contributed by atoms with Crippen molar-refractivity contribution in [2.45, 2.75) is 63.9 Å². The van der Waals surface area contributed by atoms with E-state index in [0.29, 0.717) is 0 Å². The molecule has 1 heterocycles. The smallest absolute Gasteiger partial charge is 0.0564 e. The molecule has 2 nitrogen and oxygen atoms in total. The molecular weight excluding hydrogens is 198 g/mol.